The van der Waals surface area contributed by atoms with Crippen molar-refractivity contribution < 1.29 is 19.1 Å². The Morgan fingerprint density at radius 3 is 1.97 bits per heavy atom. The molecule has 0 unspecified atom stereocenters. The van der Waals surface area contributed by atoms with Gasteiger partial charge in [-0.1, -0.05) is 52.8 Å². The highest BCUT2D eigenvalue weighted by Gasteiger charge is 2.31. The zero-order valence-corrected chi connectivity index (χ0v) is 22.7. The van der Waals surface area contributed by atoms with Crippen LogP contribution in [0.1, 0.15) is 73.8 Å². The second-order valence-corrected chi connectivity index (χ2v) is 12.4. The standard InChI is InChI=1S/C28H46N2O4/c1-26(2,3)13-14-29-15-17-30(18-16-29)19-20-33-24(31)21-28(7,8)22-11-9-10-12-23(22)34-25(32)27(4,5)6/h9-12H,13-21H2,1-8H3. The third-order valence-electron chi connectivity index (χ3n) is 6.33. The van der Waals surface area contributed by atoms with Crippen LogP contribution in [0.5, 0.6) is 5.75 Å². The predicted molar refractivity (Wildman–Crippen MR) is 137 cm³/mol. The lowest BCUT2D eigenvalue weighted by atomic mass is 9.81. The van der Waals surface area contributed by atoms with Gasteiger partial charge in [0, 0.05) is 43.7 Å². The summed E-state index contributed by atoms with van der Waals surface area (Å²) in [5, 5.41) is 0. The van der Waals surface area contributed by atoms with Gasteiger partial charge >= 0.3 is 11.9 Å². The summed E-state index contributed by atoms with van der Waals surface area (Å²) in [5.74, 6) is -0.0212. The molecule has 192 valence electrons. The maximum absolute atomic E-state index is 12.6. The SMILES string of the molecule is CC(C)(C)CCN1CCN(CCOC(=O)CC(C)(C)c2ccccc2OC(=O)C(C)(C)C)CC1. The second kappa shape index (κ2) is 11.7. The third kappa shape index (κ3) is 9.38. The summed E-state index contributed by atoms with van der Waals surface area (Å²) in [6.07, 6.45) is 1.43. The van der Waals surface area contributed by atoms with Crippen LogP contribution in [-0.2, 0) is 19.7 Å². The van der Waals surface area contributed by atoms with E-state index in [0.717, 1.165) is 44.8 Å². The molecule has 6 heteroatoms. The van der Waals surface area contributed by atoms with Crippen molar-refractivity contribution in [1.82, 2.24) is 9.80 Å². The number of rotatable bonds is 9. The first-order valence-electron chi connectivity index (χ1n) is 12.6. The van der Waals surface area contributed by atoms with Crippen LogP contribution < -0.4 is 4.74 Å². The van der Waals surface area contributed by atoms with Crippen LogP contribution >= 0.6 is 0 Å². The molecule has 1 aliphatic rings. The van der Waals surface area contributed by atoms with E-state index in [-0.39, 0.29) is 18.4 Å². The summed E-state index contributed by atoms with van der Waals surface area (Å²) in [6, 6.07) is 7.44. The van der Waals surface area contributed by atoms with E-state index in [1.54, 1.807) is 6.07 Å². The average molecular weight is 475 g/mol. The molecule has 0 N–H and O–H groups in total. The number of ether oxygens (including phenoxy) is 2. The van der Waals surface area contributed by atoms with Gasteiger partial charge in [-0.25, -0.2) is 0 Å². The molecular weight excluding hydrogens is 428 g/mol. The maximum atomic E-state index is 12.6. The van der Waals surface area contributed by atoms with Crippen molar-refractivity contribution >= 4 is 11.9 Å². The number of hydrogen-bond donors (Lipinski definition) is 0. The van der Waals surface area contributed by atoms with E-state index in [0.29, 0.717) is 17.8 Å². The molecular formula is C28H46N2O4. The summed E-state index contributed by atoms with van der Waals surface area (Å²) in [5.41, 5.74) is 0.0723. The molecule has 0 aliphatic carbocycles. The molecule has 0 atom stereocenters. The number of carbonyl (C=O) groups is 2. The maximum Gasteiger partial charge on any atom is 0.316 e. The molecule has 1 saturated heterocycles. The Bertz CT molecular complexity index is 812. The molecule has 0 amide bonds. The fourth-order valence-electron chi connectivity index (χ4n) is 3.89. The van der Waals surface area contributed by atoms with Crippen molar-refractivity contribution in [3.8, 4) is 5.75 Å². The van der Waals surface area contributed by atoms with Gasteiger partial charge in [-0.3, -0.25) is 14.5 Å². The molecule has 1 fully saturated rings. The molecule has 1 aliphatic heterocycles. The van der Waals surface area contributed by atoms with Crippen molar-refractivity contribution in [2.45, 2.75) is 73.6 Å². The molecule has 1 aromatic rings. The van der Waals surface area contributed by atoms with Gasteiger partial charge in [0.05, 0.1) is 11.8 Å². The highest BCUT2D eigenvalue weighted by Crippen LogP contribution is 2.35. The first kappa shape index (κ1) is 28.3. The van der Waals surface area contributed by atoms with Crippen LogP contribution in [0.25, 0.3) is 0 Å². The molecule has 0 bridgehead atoms. The Balaban J connectivity index is 1.81. The van der Waals surface area contributed by atoms with Crippen LogP contribution in [0, 0.1) is 10.8 Å². The zero-order chi connectivity index (χ0) is 25.6. The minimum atomic E-state index is -0.603. The van der Waals surface area contributed by atoms with Crippen molar-refractivity contribution in [3.05, 3.63) is 29.8 Å². The van der Waals surface area contributed by atoms with Gasteiger partial charge in [0.1, 0.15) is 12.4 Å². The summed E-state index contributed by atoms with van der Waals surface area (Å²) in [7, 11) is 0. The van der Waals surface area contributed by atoms with Crippen LogP contribution in [0.2, 0.25) is 0 Å². The Morgan fingerprint density at radius 1 is 0.853 bits per heavy atom. The Kier molecular flexibility index (Phi) is 9.72. The normalized spacial score (nSPS) is 16.4. The van der Waals surface area contributed by atoms with E-state index < -0.39 is 10.8 Å². The first-order valence-corrected chi connectivity index (χ1v) is 12.6. The molecule has 1 aromatic carbocycles. The van der Waals surface area contributed by atoms with Crippen molar-refractivity contribution in [2.24, 2.45) is 10.8 Å². The number of para-hydroxylation sites is 1. The molecule has 2 rings (SSSR count). The molecule has 34 heavy (non-hydrogen) atoms. The van der Waals surface area contributed by atoms with Gasteiger partial charge in [0.25, 0.3) is 0 Å². The Labute approximate surface area is 207 Å². The lowest BCUT2D eigenvalue weighted by Crippen LogP contribution is -2.47. The smallest absolute Gasteiger partial charge is 0.316 e. The summed E-state index contributed by atoms with van der Waals surface area (Å²) < 4.78 is 11.3. The highest BCUT2D eigenvalue weighted by atomic mass is 16.5. The lowest BCUT2D eigenvalue weighted by molar-refractivity contribution is -0.145. The van der Waals surface area contributed by atoms with Gasteiger partial charge in [0.2, 0.25) is 0 Å². The summed E-state index contributed by atoms with van der Waals surface area (Å²) in [4.78, 5) is 29.9. The van der Waals surface area contributed by atoms with E-state index in [1.807, 2.05) is 52.8 Å². The van der Waals surface area contributed by atoms with Crippen LogP contribution in [0.3, 0.4) is 0 Å². The van der Waals surface area contributed by atoms with Crippen molar-refractivity contribution in [2.75, 3.05) is 45.9 Å². The molecule has 0 saturated carbocycles. The number of esters is 2. The van der Waals surface area contributed by atoms with Crippen LogP contribution in [0.15, 0.2) is 24.3 Å². The second-order valence-electron chi connectivity index (χ2n) is 12.4. The molecule has 6 nitrogen and oxygen atoms in total. The molecule has 0 radical (unpaired) electrons. The number of piperazine rings is 1. The number of carbonyl (C=O) groups excluding carboxylic acids is 2. The minimum absolute atomic E-state index is 0.220. The van der Waals surface area contributed by atoms with Gasteiger partial charge < -0.3 is 14.4 Å². The van der Waals surface area contributed by atoms with E-state index in [1.165, 1.54) is 6.42 Å². The van der Waals surface area contributed by atoms with Gasteiger partial charge in [-0.2, -0.15) is 0 Å². The predicted octanol–water partition coefficient (Wildman–Crippen LogP) is 4.90. The van der Waals surface area contributed by atoms with Crippen LogP contribution in [-0.4, -0.2) is 67.6 Å². The number of nitrogens with zero attached hydrogens (tertiary/aromatic N) is 2. The number of benzene rings is 1. The average Bonchev–Trinajstić information content (AvgIpc) is 2.72. The van der Waals surface area contributed by atoms with E-state index in [2.05, 4.69) is 30.6 Å². The molecule has 0 spiro atoms. The Hall–Kier alpha value is -1.92. The number of hydrogen-bond acceptors (Lipinski definition) is 6. The quantitative estimate of drug-likeness (QED) is 0.375. The largest absolute Gasteiger partial charge is 0.464 e. The molecule has 1 heterocycles. The lowest BCUT2D eigenvalue weighted by Gasteiger charge is -2.35. The highest BCUT2D eigenvalue weighted by molar-refractivity contribution is 5.78. The first-order chi connectivity index (χ1) is 15.7. The zero-order valence-electron chi connectivity index (χ0n) is 22.7. The van der Waals surface area contributed by atoms with Gasteiger partial charge in [0.15, 0.2) is 0 Å². The topological polar surface area (TPSA) is 59.1 Å². The fourth-order valence-corrected chi connectivity index (χ4v) is 3.89. The third-order valence-corrected chi connectivity index (χ3v) is 6.33. The summed E-state index contributed by atoms with van der Waals surface area (Å²) >= 11 is 0. The Morgan fingerprint density at radius 2 is 1.41 bits per heavy atom. The van der Waals surface area contributed by atoms with E-state index in [4.69, 9.17) is 9.47 Å². The molecule has 0 aromatic heterocycles. The van der Waals surface area contributed by atoms with Gasteiger partial charge in [-0.05, 0) is 45.2 Å². The van der Waals surface area contributed by atoms with E-state index >= 15 is 0 Å². The summed E-state index contributed by atoms with van der Waals surface area (Å²) in [6.45, 7) is 22.8. The van der Waals surface area contributed by atoms with Crippen molar-refractivity contribution in [3.63, 3.8) is 0 Å². The monoisotopic (exact) mass is 474 g/mol. The minimum Gasteiger partial charge on any atom is -0.464 e. The van der Waals surface area contributed by atoms with Crippen molar-refractivity contribution in [1.29, 1.82) is 0 Å². The fraction of sp³-hybridized carbons (Fsp3) is 0.714. The van der Waals surface area contributed by atoms with Crippen LogP contribution in [0.4, 0.5) is 0 Å². The van der Waals surface area contributed by atoms with E-state index in [9.17, 15) is 9.59 Å². The van der Waals surface area contributed by atoms with Gasteiger partial charge in [-0.15, -0.1) is 0 Å².